The molecule has 1 aromatic heterocycles. The first kappa shape index (κ1) is 14.9. The predicted octanol–water partition coefficient (Wildman–Crippen LogP) is 3.22. The van der Waals surface area contributed by atoms with Gasteiger partial charge >= 0.3 is 0 Å². The van der Waals surface area contributed by atoms with Gasteiger partial charge in [-0.25, -0.2) is 0 Å². The first-order valence-electron chi connectivity index (χ1n) is 6.72. The summed E-state index contributed by atoms with van der Waals surface area (Å²) < 4.78 is 0. The Bertz CT molecular complexity index is 783. The molecule has 0 amide bonds. The highest BCUT2D eigenvalue weighted by Gasteiger charge is 2.39. The summed E-state index contributed by atoms with van der Waals surface area (Å²) >= 11 is 2.53. The van der Waals surface area contributed by atoms with Crippen LogP contribution in [0.4, 0.5) is 0 Å². The first-order chi connectivity index (χ1) is 10.6. The second-order valence-electron chi connectivity index (χ2n) is 4.75. The Morgan fingerprint density at radius 3 is 2.91 bits per heavy atom. The molecule has 0 saturated carbocycles. The fraction of sp³-hybridized carbons (Fsp3) is 0.200. The van der Waals surface area contributed by atoms with Crippen LogP contribution in [0.2, 0.25) is 0 Å². The molecule has 1 aliphatic rings. The third kappa shape index (κ3) is 2.82. The largest absolute Gasteiger partial charge is 0.508 e. The molecule has 0 aliphatic carbocycles. The average molecular weight is 331 g/mol. The van der Waals surface area contributed by atoms with Gasteiger partial charge in [-0.3, -0.25) is 10.2 Å². The van der Waals surface area contributed by atoms with Gasteiger partial charge in [-0.2, -0.15) is 0 Å². The van der Waals surface area contributed by atoms with Crippen molar-refractivity contribution in [2.75, 3.05) is 0 Å². The molecule has 0 unspecified atom stereocenters. The Balaban J connectivity index is 1.91. The van der Waals surface area contributed by atoms with Crippen LogP contribution < -0.4 is 0 Å². The highest BCUT2D eigenvalue weighted by Crippen LogP contribution is 2.41. The first-order valence-corrected chi connectivity index (χ1v) is 8.35. The van der Waals surface area contributed by atoms with Crippen LogP contribution in [0.25, 0.3) is 6.08 Å². The minimum absolute atomic E-state index is 0.128. The number of rotatable bonds is 3. The predicted molar refractivity (Wildman–Crippen MR) is 88.4 cm³/mol. The number of nitrogens with one attached hydrogen (secondary N) is 1. The topological polar surface area (TPSA) is 86.9 Å². The summed E-state index contributed by atoms with van der Waals surface area (Å²) in [6, 6.07) is 6.67. The number of ketones is 1. The number of aromatic hydroxyl groups is 1. The fourth-order valence-electron chi connectivity index (χ4n) is 2.11. The van der Waals surface area contributed by atoms with Gasteiger partial charge in [0, 0.05) is 0 Å². The smallest absolute Gasteiger partial charge is 0.186 e. The van der Waals surface area contributed by atoms with Crippen LogP contribution in [0.3, 0.4) is 0 Å². The highest BCUT2D eigenvalue weighted by atomic mass is 32.2. The van der Waals surface area contributed by atoms with Gasteiger partial charge < -0.3 is 5.11 Å². The Morgan fingerprint density at radius 2 is 2.23 bits per heavy atom. The van der Waals surface area contributed by atoms with Gasteiger partial charge in [0.2, 0.25) is 0 Å². The Kier molecular flexibility index (Phi) is 4.08. The molecular weight excluding hydrogens is 318 g/mol. The van der Waals surface area contributed by atoms with Crippen LogP contribution in [0.5, 0.6) is 5.75 Å². The number of phenolic OH excluding ortho intramolecular Hbond substituents is 1. The van der Waals surface area contributed by atoms with Crippen molar-refractivity contribution in [1.82, 2.24) is 10.2 Å². The van der Waals surface area contributed by atoms with Crippen LogP contribution >= 0.6 is 23.1 Å². The number of aryl methyl sites for hydroxylation is 1. The van der Waals surface area contributed by atoms with E-state index in [2.05, 4.69) is 10.2 Å². The van der Waals surface area contributed by atoms with E-state index in [1.54, 1.807) is 30.3 Å². The number of thioether (sulfide) groups is 1. The number of nitrogens with zero attached hydrogens (tertiary/aromatic N) is 2. The summed E-state index contributed by atoms with van der Waals surface area (Å²) in [5.41, 5.74) is 0.732. The third-order valence-corrected chi connectivity index (χ3v) is 5.31. The molecule has 0 radical (unpaired) electrons. The van der Waals surface area contributed by atoms with Crippen molar-refractivity contribution in [2.24, 2.45) is 0 Å². The van der Waals surface area contributed by atoms with E-state index in [0.717, 1.165) is 28.8 Å². The zero-order valence-electron chi connectivity index (χ0n) is 11.7. The standard InChI is InChI=1S/C15H13N3O2S2/c1-2-11-17-18-15(22-11)12-13(20)10(21-14(12)16)7-8-4-3-5-9(19)6-8/h3-7,12,16,19H,2H2,1H3/b10-7-,16-14?/t12-/m0/s1. The van der Waals surface area contributed by atoms with Crippen LogP contribution in [0.15, 0.2) is 29.2 Å². The molecular formula is C15H13N3O2S2. The van der Waals surface area contributed by atoms with E-state index < -0.39 is 5.92 Å². The van der Waals surface area contributed by atoms with Gasteiger partial charge in [0.05, 0.1) is 9.95 Å². The molecule has 2 aromatic rings. The van der Waals surface area contributed by atoms with Crippen molar-refractivity contribution in [3.8, 4) is 5.75 Å². The lowest BCUT2D eigenvalue weighted by atomic mass is 10.1. The van der Waals surface area contributed by atoms with E-state index in [-0.39, 0.29) is 16.6 Å². The van der Waals surface area contributed by atoms with Crippen molar-refractivity contribution >= 4 is 40.0 Å². The molecule has 7 heteroatoms. The number of carbonyl (C=O) groups excluding carboxylic acids is 1. The highest BCUT2D eigenvalue weighted by molar-refractivity contribution is 8.19. The van der Waals surface area contributed by atoms with E-state index in [4.69, 9.17) is 5.41 Å². The van der Waals surface area contributed by atoms with E-state index in [1.165, 1.54) is 11.3 Å². The zero-order valence-corrected chi connectivity index (χ0v) is 13.4. The molecule has 0 spiro atoms. The van der Waals surface area contributed by atoms with Crippen LogP contribution in [0, 0.1) is 5.41 Å². The van der Waals surface area contributed by atoms with Crippen LogP contribution in [-0.4, -0.2) is 26.1 Å². The zero-order chi connectivity index (χ0) is 15.7. The molecule has 22 heavy (non-hydrogen) atoms. The summed E-state index contributed by atoms with van der Waals surface area (Å²) in [5, 5.41) is 27.4. The minimum atomic E-state index is -0.633. The van der Waals surface area contributed by atoms with Crippen molar-refractivity contribution in [3.63, 3.8) is 0 Å². The van der Waals surface area contributed by atoms with E-state index >= 15 is 0 Å². The van der Waals surface area contributed by atoms with Gasteiger partial charge in [0.1, 0.15) is 21.7 Å². The van der Waals surface area contributed by atoms with Gasteiger partial charge in [-0.1, -0.05) is 30.8 Å². The van der Waals surface area contributed by atoms with Crippen molar-refractivity contribution in [2.45, 2.75) is 19.3 Å². The summed E-state index contributed by atoms with van der Waals surface area (Å²) in [6.45, 7) is 1.98. The number of Topliss-reactive ketones (excluding diaryl/α,β-unsaturated/α-hetero) is 1. The second kappa shape index (κ2) is 6.02. The lowest BCUT2D eigenvalue weighted by Gasteiger charge is -2.00. The molecule has 1 saturated heterocycles. The normalized spacial score (nSPS) is 20.0. The molecule has 5 nitrogen and oxygen atoms in total. The summed E-state index contributed by atoms with van der Waals surface area (Å²) in [6.07, 6.45) is 2.47. The number of hydrogen-bond donors (Lipinski definition) is 2. The molecule has 112 valence electrons. The number of hydrogen-bond acceptors (Lipinski definition) is 7. The number of carbonyl (C=O) groups is 1. The third-order valence-electron chi connectivity index (χ3n) is 3.19. The molecule has 3 rings (SSSR count). The van der Waals surface area contributed by atoms with Gasteiger partial charge in [-0.05, 0) is 30.2 Å². The number of phenols is 1. The van der Waals surface area contributed by atoms with Crippen LogP contribution in [0.1, 0.15) is 28.4 Å². The molecule has 0 bridgehead atoms. The fourth-order valence-corrected chi connectivity index (χ4v) is 4.06. The number of benzene rings is 1. The minimum Gasteiger partial charge on any atom is -0.508 e. The maximum absolute atomic E-state index is 12.5. The van der Waals surface area contributed by atoms with Gasteiger partial charge in [0.25, 0.3) is 0 Å². The summed E-state index contributed by atoms with van der Waals surface area (Å²) in [4.78, 5) is 13.0. The van der Waals surface area contributed by atoms with Crippen molar-refractivity contribution < 1.29 is 9.90 Å². The van der Waals surface area contributed by atoms with E-state index in [9.17, 15) is 9.90 Å². The van der Waals surface area contributed by atoms with Crippen molar-refractivity contribution in [1.29, 1.82) is 5.41 Å². The molecule has 1 aliphatic heterocycles. The van der Waals surface area contributed by atoms with E-state index in [0.29, 0.717) is 9.91 Å². The lowest BCUT2D eigenvalue weighted by molar-refractivity contribution is -0.114. The second-order valence-corrected chi connectivity index (χ2v) is 6.93. The molecule has 2 N–H and O–H groups in total. The van der Waals surface area contributed by atoms with E-state index in [1.807, 2.05) is 6.92 Å². The Labute approximate surface area is 135 Å². The number of aromatic nitrogens is 2. The Morgan fingerprint density at radius 1 is 1.41 bits per heavy atom. The lowest BCUT2D eigenvalue weighted by Crippen LogP contribution is -2.11. The molecule has 1 atom stereocenters. The SMILES string of the molecule is CCc1nnc([C@@H]2C(=N)S/C(=C\c3cccc(O)c3)C2=O)s1. The quantitative estimate of drug-likeness (QED) is 0.843. The van der Waals surface area contributed by atoms with Crippen LogP contribution in [-0.2, 0) is 11.2 Å². The maximum atomic E-state index is 12.5. The number of allylic oxidation sites excluding steroid dienone is 1. The summed E-state index contributed by atoms with van der Waals surface area (Å²) in [5.74, 6) is -0.614. The molecule has 1 aromatic carbocycles. The average Bonchev–Trinajstić information content (AvgIpc) is 3.04. The monoisotopic (exact) mass is 331 g/mol. The van der Waals surface area contributed by atoms with Crippen molar-refractivity contribution in [3.05, 3.63) is 44.7 Å². The summed E-state index contributed by atoms with van der Waals surface area (Å²) in [7, 11) is 0. The molecule has 2 heterocycles. The maximum Gasteiger partial charge on any atom is 0.186 e. The van der Waals surface area contributed by atoms with Gasteiger partial charge in [0.15, 0.2) is 5.78 Å². The Hall–Kier alpha value is -1.99. The molecule has 1 fully saturated rings. The van der Waals surface area contributed by atoms with Gasteiger partial charge in [-0.15, -0.1) is 21.5 Å².